The molecule has 1 aromatic rings. The molecule has 102 valence electrons. The highest BCUT2D eigenvalue weighted by atomic mass is 32.1. The van der Waals surface area contributed by atoms with E-state index in [2.05, 4.69) is 6.92 Å². The minimum atomic E-state index is 0.261. The number of Topliss-reactive ketones (excluding diaryl/α,β-unsaturated/α-hetero) is 1. The number of ether oxygens (including phenoxy) is 1. The normalized spacial score (nSPS) is 10.6. The summed E-state index contributed by atoms with van der Waals surface area (Å²) in [7, 11) is 1.63. The molecule has 0 radical (unpaired) electrons. The maximum atomic E-state index is 11.9. The zero-order valence-electron chi connectivity index (χ0n) is 11.5. The fraction of sp³-hybridized carbons (Fsp3) is 0.667. The van der Waals surface area contributed by atoms with Crippen molar-refractivity contribution in [3.8, 4) is 5.75 Å². The van der Waals surface area contributed by atoms with Gasteiger partial charge in [-0.05, 0) is 6.42 Å². The second kappa shape index (κ2) is 9.15. The van der Waals surface area contributed by atoms with E-state index in [0.717, 1.165) is 17.0 Å². The number of rotatable bonds is 10. The van der Waals surface area contributed by atoms with Crippen LogP contribution in [-0.2, 0) is 0 Å². The van der Waals surface area contributed by atoms with E-state index in [0.29, 0.717) is 6.42 Å². The summed E-state index contributed by atoms with van der Waals surface area (Å²) in [6, 6.07) is 1.84. The van der Waals surface area contributed by atoms with Crippen LogP contribution in [0.15, 0.2) is 11.4 Å². The lowest BCUT2D eigenvalue weighted by Crippen LogP contribution is -1.95. The van der Waals surface area contributed by atoms with E-state index in [-0.39, 0.29) is 5.78 Å². The Labute approximate surface area is 114 Å². The molecule has 0 aliphatic rings. The summed E-state index contributed by atoms with van der Waals surface area (Å²) in [6.07, 6.45) is 9.43. The third kappa shape index (κ3) is 5.67. The predicted molar refractivity (Wildman–Crippen MR) is 77.8 cm³/mol. The molecule has 1 aromatic heterocycles. The fourth-order valence-electron chi connectivity index (χ4n) is 1.94. The van der Waals surface area contributed by atoms with E-state index in [9.17, 15) is 4.79 Å². The minimum Gasteiger partial charge on any atom is -0.496 e. The van der Waals surface area contributed by atoms with Gasteiger partial charge in [0.2, 0.25) is 0 Å². The average Bonchev–Trinajstić information content (AvgIpc) is 2.86. The average molecular weight is 268 g/mol. The number of hydrogen-bond donors (Lipinski definition) is 0. The van der Waals surface area contributed by atoms with E-state index >= 15 is 0 Å². The second-order valence-corrected chi connectivity index (χ2v) is 5.56. The van der Waals surface area contributed by atoms with Crippen LogP contribution in [0.4, 0.5) is 0 Å². The maximum absolute atomic E-state index is 11.9. The SMILES string of the molecule is CCCCCCCCCC(=O)c1cc(OC)cs1. The van der Waals surface area contributed by atoms with Crippen molar-refractivity contribution in [3.05, 3.63) is 16.3 Å². The first-order valence-corrected chi connectivity index (χ1v) is 7.81. The molecule has 18 heavy (non-hydrogen) atoms. The lowest BCUT2D eigenvalue weighted by molar-refractivity contribution is 0.0983. The van der Waals surface area contributed by atoms with Crippen LogP contribution >= 0.6 is 11.3 Å². The first kappa shape index (κ1) is 15.2. The molecule has 3 heteroatoms. The van der Waals surface area contributed by atoms with Crippen LogP contribution in [0.3, 0.4) is 0 Å². The van der Waals surface area contributed by atoms with Crippen molar-refractivity contribution in [2.45, 2.75) is 58.3 Å². The van der Waals surface area contributed by atoms with E-state index < -0.39 is 0 Å². The fourth-order valence-corrected chi connectivity index (χ4v) is 2.76. The van der Waals surface area contributed by atoms with Gasteiger partial charge in [-0.1, -0.05) is 45.4 Å². The zero-order chi connectivity index (χ0) is 13.2. The van der Waals surface area contributed by atoms with Crippen molar-refractivity contribution >= 4 is 17.1 Å². The van der Waals surface area contributed by atoms with Gasteiger partial charge in [0, 0.05) is 17.9 Å². The van der Waals surface area contributed by atoms with Gasteiger partial charge in [-0.15, -0.1) is 11.3 Å². The van der Waals surface area contributed by atoms with Crippen LogP contribution in [0, 0.1) is 0 Å². The lowest BCUT2D eigenvalue weighted by atomic mass is 10.1. The molecule has 0 amide bonds. The molecule has 0 fully saturated rings. The quantitative estimate of drug-likeness (QED) is 0.437. The third-order valence-electron chi connectivity index (χ3n) is 3.09. The summed E-state index contributed by atoms with van der Waals surface area (Å²) in [4.78, 5) is 12.7. The number of carbonyl (C=O) groups excluding carboxylic acids is 1. The van der Waals surface area contributed by atoms with Crippen molar-refractivity contribution in [3.63, 3.8) is 0 Å². The Morgan fingerprint density at radius 3 is 2.44 bits per heavy atom. The molecule has 2 nitrogen and oxygen atoms in total. The number of unbranched alkanes of at least 4 members (excludes halogenated alkanes) is 6. The Bertz CT molecular complexity index is 344. The molecule has 0 unspecified atom stereocenters. The molecule has 0 aliphatic carbocycles. The first-order chi connectivity index (χ1) is 8.77. The van der Waals surface area contributed by atoms with Gasteiger partial charge in [0.05, 0.1) is 12.0 Å². The Morgan fingerprint density at radius 1 is 1.17 bits per heavy atom. The number of thiophene rings is 1. The molecule has 0 aliphatic heterocycles. The number of carbonyl (C=O) groups is 1. The molecule has 0 bridgehead atoms. The Kier molecular flexibility index (Phi) is 7.74. The van der Waals surface area contributed by atoms with E-state index in [4.69, 9.17) is 4.74 Å². The highest BCUT2D eigenvalue weighted by molar-refractivity contribution is 7.12. The molecular weight excluding hydrogens is 244 g/mol. The number of ketones is 1. The summed E-state index contributed by atoms with van der Waals surface area (Å²) >= 11 is 1.48. The van der Waals surface area contributed by atoms with Crippen molar-refractivity contribution in [1.29, 1.82) is 0 Å². The molecule has 0 saturated carbocycles. The zero-order valence-corrected chi connectivity index (χ0v) is 12.4. The van der Waals surface area contributed by atoms with Crippen LogP contribution in [0.2, 0.25) is 0 Å². The van der Waals surface area contributed by atoms with Gasteiger partial charge in [0.1, 0.15) is 5.75 Å². The van der Waals surface area contributed by atoms with Gasteiger partial charge in [-0.3, -0.25) is 4.79 Å². The molecule has 1 heterocycles. The monoisotopic (exact) mass is 268 g/mol. The van der Waals surface area contributed by atoms with Crippen molar-refractivity contribution in [2.24, 2.45) is 0 Å². The van der Waals surface area contributed by atoms with Crippen molar-refractivity contribution in [2.75, 3.05) is 7.11 Å². The Morgan fingerprint density at radius 2 is 1.83 bits per heavy atom. The van der Waals surface area contributed by atoms with Crippen LogP contribution < -0.4 is 4.74 Å². The van der Waals surface area contributed by atoms with Gasteiger partial charge >= 0.3 is 0 Å². The molecule has 0 aromatic carbocycles. The molecular formula is C15H24O2S. The second-order valence-electron chi connectivity index (χ2n) is 4.65. The highest BCUT2D eigenvalue weighted by Crippen LogP contribution is 2.23. The summed E-state index contributed by atoms with van der Waals surface area (Å²) < 4.78 is 5.08. The molecule has 0 saturated heterocycles. The Balaban J connectivity index is 2.10. The summed E-state index contributed by atoms with van der Waals surface area (Å²) in [6.45, 7) is 2.23. The summed E-state index contributed by atoms with van der Waals surface area (Å²) in [5.74, 6) is 1.06. The van der Waals surface area contributed by atoms with Crippen LogP contribution in [0.1, 0.15) is 68.0 Å². The third-order valence-corrected chi connectivity index (χ3v) is 4.04. The van der Waals surface area contributed by atoms with Crippen LogP contribution in [0.5, 0.6) is 5.75 Å². The van der Waals surface area contributed by atoms with Gasteiger partial charge in [0.15, 0.2) is 5.78 Å². The van der Waals surface area contributed by atoms with Crippen LogP contribution in [0.25, 0.3) is 0 Å². The van der Waals surface area contributed by atoms with E-state index in [1.54, 1.807) is 7.11 Å². The van der Waals surface area contributed by atoms with E-state index in [1.807, 2.05) is 11.4 Å². The number of methoxy groups -OCH3 is 1. The summed E-state index contributed by atoms with van der Waals surface area (Å²) in [5.41, 5.74) is 0. The van der Waals surface area contributed by atoms with Gasteiger partial charge in [-0.2, -0.15) is 0 Å². The molecule has 1 rings (SSSR count). The minimum absolute atomic E-state index is 0.261. The van der Waals surface area contributed by atoms with Crippen molar-refractivity contribution < 1.29 is 9.53 Å². The maximum Gasteiger partial charge on any atom is 0.172 e. The smallest absolute Gasteiger partial charge is 0.172 e. The first-order valence-electron chi connectivity index (χ1n) is 6.93. The predicted octanol–water partition coefficient (Wildman–Crippen LogP) is 5.08. The summed E-state index contributed by atoms with van der Waals surface area (Å²) in [5, 5.41) is 1.89. The molecule has 0 spiro atoms. The van der Waals surface area contributed by atoms with Crippen LogP contribution in [-0.4, -0.2) is 12.9 Å². The number of hydrogen-bond acceptors (Lipinski definition) is 3. The van der Waals surface area contributed by atoms with Crippen molar-refractivity contribution in [1.82, 2.24) is 0 Å². The molecule has 0 N–H and O–H groups in total. The van der Waals surface area contributed by atoms with Gasteiger partial charge in [-0.25, -0.2) is 0 Å². The lowest BCUT2D eigenvalue weighted by Gasteiger charge is -2.00. The highest BCUT2D eigenvalue weighted by Gasteiger charge is 2.08. The Hall–Kier alpha value is -0.830. The van der Waals surface area contributed by atoms with Gasteiger partial charge in [0.25, 0.3) is 0 Å². The van der Waals surface area contributed by atoms with E-state index in [1.165, 1.54) is 49.9 Å². The van der Waals surface area contributed by atoms with Gasteiger partial charge < -0.3 is 4.74 Å². The topological polar surface area (TPSA) is 26.3 Å². The molecule has 0 atom stereocenters. The standard InChI is InChI=1S/C15H24O2S/c1-3-4-5-6-7-8-9-10-14(16)15-11-13(17-2)12-18-15/h11-12H,3-10H2,1-2H3. The largest absolute Gasteiger partial charge is 0.496 e.